The molecule has 4 aromatic carbocycles. The van der Waals surface area contributed by atoms with E-state index in [1.54, 1.807) is 84.9 Å². The minimum absolute atomic E-state index is 0.00689. The standard InChI is InChI=1S/C80H99Cl4N13O28/c81-57-9-1-53(2-10-57)17-29-86-41-62(99)88(30-18-54-3-11-58(82)12-4-54)43-64(101)89(31-19-55-5-13-59(83)14-6-55)45-65(102)90(32-20-56-7-15-60(84)16-8-56)46-66(103)92(35-23-75(114)115)48-68(105)94(37-25-77(118)119)50-70(107)96(39-27-79(122)123)52-72(109)97(40-28-80(124)125)51-71(108)95(38-26-78(120)121)49-69(106)93(36-24-76(116)117)47-67(104)91(34-22-74(112)113)44-63(100)87(42-61(85)98)33-21-73(110)111/h1-16,86H,17-52H2,(H2,85,98)(H,110,111)(H,112,113)(H,114,115)(H,116,117)(H,118,119)(H,120,121)(H,122,123)(H,124,125). The predicted molar refractivity (Wildman–Crippen MR) is 443 cm³/mol. The Bertz CT molecular complexity index is 4460. The summed E-state index contributed by atoms with van der Waals surface area (Å²) >= 11 is 24.7. The van der Waals surface area contributed by atoms with Crippen LogP contribution in [0.1, 0.15) is 73.6 Å². The number of amides is 12. The fourth-order valence-electron chi connectivity index (χ4n) is 11.8. The van der Waals surface area contributed by atoms with E-state index in [-0.39, 0.29) is 45.4 Å². The summed E-state index contributed by atoms with van der Waals surface area (Å²) in [5.41, 5.74) is 8.16. The molecule has 41 nitrogen and oxygen atoms in total. The third kappa shape index (κ3) is 42.4. The van der Waals surface area contributed by atoms with Crippen molar-refractivity contribution >= 4 is 165 Å². The fourth-order valence-corrected chi connectivity index (χ4v) is 12.3. The summed E-state index contributed by atoms with van der Waals surface area (Å²) in [4.78, 5) is 275. The lowest BCUT2D eigenvalue weighted by Gasteiger charge is -2.33. The molecule has 0 atom stereocenters. The second kappa shape index (κ2) is 54.8. The first kappa shape index (κ1) is 105. The van der Waals surface area contributed by atoms with Gasteiger partial charge in [-0.1, -0.05) is 94.9 Å². The molecule has 0 aromatic heterocycles. The molecular weight excluding hydrogens is 1730 g/mol. The van der Waals surface area contributed by atoms with E-state index in [2.05, 4.69) is 5.32 Å². The summed E-state index contributed by atoms with van der Waals surface area (Å²) in [5.74, 6) is -25.9. The lowest BCUT2D eigenvalue weighted by Crippen LogP contribution is -2.53. The highest BCUT2D eigenvalue weighted by molar-refractivity contribution is 6.31. The van der Waals surface area contributed by atoms with Crippen molar-refractivity contribution in [2.75, 3.05) is 157 Å². The molecule has 0 aliphatic heterocycles. The monoisotopic (exact) mass is 1830 g/mol. The van der Waals surface area contributed by atoms with Crippen molar-refractivity contribution in [1.29, 1.82) is 0 Å². The number of carbonyl (C=O) groups excluding carboxylic acids is 12. The Balaban J connectivity index is 1.71. The van der Waals surface area contributed by atoms with Gasteiger partial charge >= 0.3 is 47.8 Å². The van der Waals surface area contributed by atoms with Crippen LogP contribution in [0.4, 0.5) is 0 Å². The molecule has 0 aliphatic carbocycles. The zero-order chi connectivity index (χ0) is 93.0. The molecule has 0 saturated heterocycles. The third-order valence-electron chi connectivity index (χ3n) is 18.8. The number of halogens is 4. The number of primary amides is 1. The maximum Gasteiger partial charge on any atom is 0.305 e. The lowest BCUT2D eigenvalue weighted by atomic mass is 10.1. The Labute approximate surface area is 736 Å². The van der Waals surface area contributed by atoms with Gasteiger partial charge in [0.25, 0.3) is 0 Å². The number of carboxylic acids is 8. The second-order valence-corrected chi connectivity index (χ2v) is 30.0. The Kier molecular flexibility index (Phi) is 45.9. The molecule has 680 valence electrons. The van der Waals surface area contributed by atoms with Crippen LogP contribution in [0.5, 0.6) is 0 Å². The predicted octanol–water partition coefficient (Wildman–Crippen LogP) is 0.558. The summed E-state index contributed by atoms with van der Waals surface area (Å²) in [6.45, 7) is -18.8. The van der Waals surface area contributed by atoms with Crippen molar-refractivity contribution in [2.24, 2.45) is 5.73 Å². The fraction of sp³-hybridized carbons (Fsp3) is 0.450. The molecule has 0 radical (unpaired) electrons. The van der Waals surface area contributed by atoms with Crippen molar-refractivity contribution in [3.8, 4) is 0 Å². The van der Waals surface area contributed by atoms with Crippen LogP contribution in [-0.2, 0) is 122 Å². The van der Waals surface area contributed by atoms with Crippen LogP contribution in [0.2, 0.25) is 20.1 Å². The highest BCUT2D eigenvalue weighted by Crippen LogP contribution is 2.18. The zero-order valence-electron chi connectivity index (χ0n) is 67.9. The van der Waals surface area contributed by atoms with Crippen LogP contribution in [0, 0.1) is 0 Å². The van der Waals surface area contributed by atoms with Gasteiger partial charge in [-0.3, -0.25) is 95.9 Å². The molecule has 11 N–H and O–H groups in total. The van der Waals surface area contributed by atoms with E-state index >= 15 is 4.79 Å². The van der Waals surface area contributed by atoms with E-state index in [1.807, 2.05) is 12.1 Å². The number of carbonyl (C=O) groups is 20. The third-order valence-corrected chi connectivity index (χ3v) is 19.8. The van der Waals surface area contributed by atoms with Crippen LogP contribution in [0.15, 0.2) is 97.1 Å². The van der Waals surface area contributed by atoms with Crippen LogP contribution in [0.3, 0.4) is 0 Å². The molecule has 0 saturated carbocycles. The van der Waals surface area contributed by atoms with Crippen LogP contribution in [-0.4, -0.2) is 370 Å². The first-order chi connectivity index (χ1) is 59.0. The minimum Gasteiger partial charge on any atom is -0.481 e. The maximum absolute atomic E-state index is 15.2. The van der Waals surface area contributed by atoms with Gasteiger partial charge in [0, 0.05) is 92.1 Å². The Hall–Kier alpha value is -12.6. The van der Waals surface area contributed by atoms with Crippen molar-refractivity contribution in [3.05, 3.63) is 139 Å². The van der Waals surface area contributed by atoms with E-state index in [4.69, 9.17) is 52.1 Å². The maximum atomic E-state index is 15.2. The van der Waals surface area contributed by atoms with Gasteiger partial charge in [0.05, 0.1) is 130 Å². The average molecular weight is 1830 g/mol. The largest absolute Gasteiger partial charge is 0.481 e. The number of rotatable bonds is 60. The number of nitrogens with two attached hydrogens (primary N) is 1. The summed E-state index contributed by atoms with van der Waals surface area (Å²) in [7, 11) is 0. The number of benzene rings is 4. The Morgan fingerprint density at radius 2 is 0.376 bits per heavy atom. The van der Waals surface area contributed by atoms with E-state index in [0.717, 1.165) is 16.0 Å². The second-order valence-electron chi connectivity index (χ2n) is 28.3. The van der Waals surface area contributed by atoms with Gasteiger partial charge in [-0.25, -0.2) is 0 Å². The van der Waals surface area contributed by atoms with E-state index in [0.29, 0.717) is 83.4 Å². The SMILES string of the molecule is NC(=O)CN(CCC(=O)O)C(=O)CN(CCC(=O)O)C(=O)CN(CCC(=O)O)C(=O)CN(CCC(=O)O)C(=O)CN(CCC(=O)O)C(=O)CN(CCC(=O)O)C(=O)CN(CCC(=O)O)C(=O)CN(CCC(=O)O)C(=O)CN(CCc1ccc(Cl)cc1)C(=O)CN(CCc1ccc(Cl)cc1)C(=O)CN(CCc1ccc(Cl)cc1)C(=O)CNCCc1ccc(Cl)cc1. The van der Waals surface area contributed by atoms with Gasteiger partial charge in [0.15, 0.2) is 0 Å². The smallest absolute Gasteiger partial charge is 0.305 e. The van der Waals surface area contributed by atoms with Crippen molar-refractivity contribution in [3.63, 3.8) is 0 Å². The number of aliphatic carboxylic acids is 8. The molecule has 0 bridgehead atoms. The normalized spacial score (nSPS) is 10.8. The molecule has 0 spiro atoms. The van der Waals surface area contributed by atoms with Gasteiger partial charge < -0.3 is 106 Å². The van der Waals surface area contributed by atoms with Gasteiger partial charge in [-0.2, -0.15) is 0 Å². The number of hydrogen-bond acceptors (Lipinski definition) is 21. The van der Waals surface area contributed by atoms with Crippen molar-refractivity contribution in [1.82, 2.24) is 59.2 Å². The van der Waals surface area contributed by atoms with Gasteiger partial charge in [0.1, 0.15) is 0 Å². The van der Waals surface area contributed by atoms with Gasteiger partial charge in [-0.05, 0) is 103 Å². The first-order valence-corrected chi connectivity index (χ1v) is 40.3. The molecule has 0 aliphatic rings. The van der Waals surface area contributed by atoms with Crippen molar-refractivity contribution in [2.45, 2.75) is 77.0 Å². The molecule has 4 rings (SSSR count). The highest BCUT2D eigenvalue weighted by atomic mass is 35.5. The van der Waals surface area contributed by atoms with Crippen LogP contribution >= 0.6 is 46.4 Å². The quantitative estimate of drug-likeness (QED) is 0.0270. The number of nitrogens with zero attached hydrogens (tertiary/aromatic N) is 11. The van der Waals surface area contributed by atoms with E-state index < -0.39 is 294 Å². The van der Waals surface area contributed by atoms with E-state index in [9.17, 15) is 132 Å². The Morgan fingerprint density at radius 3 is 0.544 bits per heavy atom. The number of hydrogen-bond donors (Lipinski definition) is 10. The van der Waals surface area contributed by atoms with Gasteiger partial charge in [0.2, 0.25) is 70.9 Å². The molecule has 125 heavy (non-hydrogen) atoms. The summed E-state index contributed by atoms with van der Waals surface area (Å²) in [5, 5.41) is 82.4. The Morgan fingerprint density at radius 1 is 0.224 bits per heavy atom. The zero-order valence-corrected chi connectivity index (χ0v) is 71.0. The molecule has 0 heterocycles. The highest BCUT2D eigenvalue weighted by Gasteiger charge is 2.35. The molecule has 4 aromatic rings. The molecular formula is C80H99Cl4N13O28. The summed E-state index contributed by atoms with van der Waals surface area (Å²) in [6, 6.07) is 26.8. The van der Waals surface area contributed by atoms with Crippen molar-refractivity contribution < 1.29 is 137 Å². The summed E-state index contributed by atoms with van der Waals surface area (Å²) < 4.78 is 0. The van der Waals surface area contributed by atoms with Gasteiger partial charge in [-0.15, -0.1) is 0 Å². The van der Waals surface area contributed by atoms with Crippen LogP contribution in [0.25, 0.3) is 0 Å². The first-order valence-electron chi connectivity index (χ1n) is 38.8. The van der Waals surface area contributed by atoms with Crippen LogP contribution < -0.4 is 11.1 Å². The summed E-state index contributed by atoms with van der Waals surface area (Å²) in [6.07, 6.45) is -6.41. The topological polar surface area (TPSA) is 577 Å². The minimum atomic E-state index is -1.62. The molecule has 0 unspecified atom stereocenters. The number of nitrogens with one attached hydrogen (secondary N) is 1. The van der Waals surface area contributed by atoms with E-state index in [1.165, 1.54) is 9.80 Å². The molecule has 45 heteroatoms. The molecule has 12 amide bonds. The molecule has 0 fully saturated rings. The lowest BCUT2D eigenvalue weighted by molar-refractivity contribution is -0.151. The number of carboxylic acid groups (broad SMARTS) is 8. The average Bonchev–Trinajstić information content (AvgIpc) is 0.848.